The van der Waals surface area contributed by atoms with E-state index in [4.69, 9.17) is 9.16 Å². The number of ether oxygens (including phenoxy) is 1. The molecule has 0 aromatic heterocycles. The minimum atomic E-state index is -2.00. The van der Waals surface area contributed by atoms with Crippen molar-refractivity contribution in [3.63, 3.8) is 0 Å². The number of carbonyl (C=O) groups is 1. The van der Waals surface area contributed by atoms with Gasteiger partial charge in [-0.25, -0.2) is 4.79 Å². The molecule has 0 bridgehead atoms. The number of hydrogen-bond acceptors (Lipinski definition) is 3. The summed E-state index contributed by atoms with van der Waals surface area (Å²) in [5.41, 5.74) is 0. The molecule has 0 amide bonds. The number of carbonyl (C=O) groups excluding carboxylic acids is 1. The van der Waals surface area contributed by atoms with Gasteiger partial charge in [0.1, 0.15) is 8.07 Å². The maximum Gasteiger partial charge on any atom is 0.330 e. The first-order valence-electron chi connectivity index (χ1n) is 8.99. The number of benzene rings is 1. The second kappa shape index (κ2) is 8.47. The van der Waals surface area contributed by atoms with E-state index < -0.39 is 16.4 Å². The molecule has 0 aliphatic carbocycles. The first-order chi connectivity index (χ1) is 11.4. The molecule has 0 atom stereocenters. The van der Waals surface area contributed by atoms with Crippen LogP contribution in [0.4, 0.5) is 0 Å². The minimum Gasteiger partial charge on any atom is -0.463 e. The molecule has 0 N–H and O–H groups in total. The van der Waals surface area contributed by atoms with Crippen molar-refractivity contribution in [1.29, 1.82) is 0 Å². The summed E-state index contributed by atoms with van der Waals surface area (Å²) in [5, 5.41) is 2.52. The highest BCUT2D eigenvalue weighted by molar-refractivity contribution is 6.96. The van der Waals surface area contributed by atoms with Gasteiger partial charge in [-0.15, -0.1) is 0 Å². The molecule has 0 aliphatic rings. The van der Waals surface area contributed by atoms with Gasteiger partial charge < -0.3 is 9.16 Å². The molecular weight excluding hydrogens is 344 g/mol. The Morgan fingerprint density at radius 3 is 2.12 bits per heavy atom. The summed E-state index contributed by atoms with van der Waals surface area (Å²) in [6.07, 6.45) is 1.68. The van der Waals surface area contributed by atoms with E-state index in [1.807, 2.05) is 13.0 Å². The lowest BCUT2D eigenvalue weighted by Crippen LogP contribution is -2.48. The van der Waals surface area contributed by atoms with E-state index in [9.17, 15) is 4.79 Å². The Kier molecular flexibility index (Phi) is 7.41. The Labute approximate surface area is 155 Å². The van der Waals surface area contributed by atoms with Crippen LogP contribution in [0.25, 0.3) is 0 Å². The Bertz CT molecular complexity index is 599. The van der Waals surface area contributed by atoms with Crippen LogP contribution in [0.2, 0.25) is 31.2 Å². The van der Waals surface area contributed by atoms with Gasteiger partial charge in [-0.05, 0) is 30.3 Å². The summed E-state index contributed by atoms with van der Waals surface area (Å²) in [6.45, 7) is 18.4. The molecule has 3 nitrogen and oxygen atoms in total. The van der Waals surface area contributed by atoms with Crippen LogP contribution in [0.1, 0.15) is 27.7 Å². The van der Waals surface area contributed by atoms with Crippen molar-refractivity contribution in [2.45, 2.75) is 58.9 Å². The van der Waals surface area contributed by atoms with E-state index in [2.05, 4.69) is 71.2 Å². The molecule has 140 valence electrons. The van der Waals surface area contributed by atoms with Crippen molar-refractivity contribution in [2.24, 2.45) is 0 Å². The van der Waals surface area contributed by atoms with Gasteiger partial charge in [-0.1, -0.05) is 69.4 Å². The second-order valence-corrected chi connectivity index (χ2v) is 17.7. The zero-order valence-electron chi connectivity index (χ0n) is 17.1. The molecule has 1 aromatic rings. The first kappa shape index (κ1) is 21.9. The van der Waals surface area contributed by atoms with Crippen molar-refractivity contribution >= 4 is 27.5 Å². The molecule has 1 rings (SSSR count). The van der Waals surface area contributed by atoms with E-state index in [1.165, 1.54) is 5.19 Å². The molecule has 0 fully saturated rings. The average Bonchev–Trinajstić information content (AvgIpc) is 2.51. The summed E-state index contributed by atoms with van der Waals surface area (Å²) in [7, 11) is -3.89. The van der Waals surface area contributed by atoms with Crippen molar-refractivity contribution in [1.82, 2.24) is 0 Å². The topological polar surface area (TPSA) is 35.5 Å². The monoisotopic (exact) mass is 378 g/mol. The van der Waals surface area contributed by atoms with Gasteiger partial charge in [0, 0.05) is 6.08 Å². The molecule has 0 spiro atoms. The quantitative estimate of drug-likeness (QED) is 0.393. The summed E-state index contributed by atoms with van der Waals surface area (Å²) in [4.78, 5) is 12.1. The third-order valence-electron chi connectivity index (χ3n) is 5.27. The predicted molar refractivity (Wildman–Crippen MR) is 111 cm³/mol. The van der Waals surface area contributed by atoms with Crippen LogP contribution in [0.5, 0.6) is 0 Å². The molecule has 0 unspecified atom stereocenters. The maximum absolute atomic E-state index is 12.1. The van der Waals surface area contributed by atoms with Gasteiger partial charge in [0.25, 0.3) is 0 Å². The summed E-state index contributed by atoms with van der Waals surface area (Å²) in [5.74, 6) is -0.271. The fourth-order valence-corrected chi connectivity index (χ4v) is 5.65. The van der Waals surface area contributed by atoms with E-state index in [-0.39, 0.29) is 11.0 Å². The third-order valence-corrected chi connectivity index (χ3v) is 13.4. The van der Waals surface area contributed by atoms with Crippen molar-refractivity contribution in [3.8, 4) is 0 Å². The zero-order chi connectivity index (χ0) is 19.3. The van der Waals surface area contributed by atoms with Crippen molar-refractivity contribution < 1.29 is 14.0 Å². The molecule has 0 saturated heterocycles. The largest absolute Gasteiger partial charge is 0.463 e. The molecule has 1 aromatic carbocycles. The van der Waals surface area contributed by atoms with Gasteiger partial charge in [-0.2, -0.15) is 0 Å². The Morgan fingerprint density at radius 2 is 1.64 bits per heavy atom. The highest BCUT2D eigenvalue weighted by atomic mass is 28.4. The van der Waals surface area contributed by atoms with Crippen LogP contribution in [0.3, 0.4) is 0 Å². The van der Waals surface area contributed by atoms with Crippen LogP contribution < -0.4 is 5.19 Å². The Hall–Kier alpha value is -1.18. The van der Waals surface area contributed by atoms with Crippen LogP contribution in [-0.4, -0.2) is 35.6 Å². The van der Waals surface area contributed by atoms with Gasteiger partial charge in [0.15, 0.2) is 8.32 Å². The number of hydrogen-bond donors (Lipinski definition) is 0. The highest BCUT2D eigenvalue weighted by Crippen LogP contribution is 2.37. The van der Waals surface area contributed by atoms with Crippen molar-refractivity contribution in [3.05, 3.63) is 41.6 Å². The Morgan fingerprint density at radius 1 is 1.08 bits per heavy atom. The third kappa shape index (κ3) is 5.94. The van der Waals surface area contributed by atoms with Crippen LogP contribution in [0.15, 0.2) is 41.6 Å². The van der Waals surface area contributed by atoms with Crippen molar-refractivity contribution in [2.75, 3.05) is 13.2 Å². The smallest absolute Gasteiger partial charge is 0.330 e. The molecule has 0 radical (unpaired) electrons. The summed E-state index contributed by atoms with van der Waals surface area (Å²) >= 11 is 0. The summed E-state index contributed by atoms with van der Waals surface area (Å²) in [6, 6.07) is 10.4. The SMILES string of the molecule is CCOC(=O)/C=C(\CO[Si](C)(C)C(C)(C)C)[Si](C)(C)c1ccccc1. The standard InChI is InChI=1S/C20H34O3Si2/c1-9-22-19(21)15-18(16-23-25(7,8)20(2,3)4)24(5,6)17-13-11-10-12-14-17/h10-15H,9,16H2,1-8H3/b18-15+. The predicted octanol–water partition coefficient (Wildman–Crippen LogP) is 4.65. The first-order valence-corrected chi connectivity index (χ1v) is 14.9. The van der Waals surface area contributed by atoms with Crippen LogP contribution >= 0.6 is 0 Å². The van der Waals surface area contributed by atoms with Gasteiger partial charge in [0.05, 0.1) is 13.2 Å². The minimum absolute atomic E-state index is 0.139. The zero-order valence-corrected chi connectivity index (χ0v) is 19.1. The fraction of sp³-hybridized carbons (Fsp3) is 0.550. The van der Waals surface area contributed by atoms with Gasteiger partial charge in [-0.3, -0.25) is 0 Å². The molecule has 25 heavy (non-hydrogen) atoms. The lowest BCUT2D eigenvalue weighted by atomic mass is 10.2. The number of esters is 1. The molecule has 0 heterocycles. The normalized spacial score (nSPS) is 13.7. The average molecular weight is 379 g/mol. The highest BCUT2D eigenvalue weighted by Gasteiger charge is 2.38. The number of rotatable bonds is 7. The van der Waals surface area contributed by atoms with E-state index in [0.29, 0.717) is 13.2 Å². The summed E-state index contributed by atoms with van der Waals surface area (Å²) < 4.78 is 11.6. The molecular formula is C20H34O3Si2. The fourth-order valence-electron chi connectivity index (χ4n) is 2.24. The molecule has 0 aliphatic heterocycles. The van der Waals surface area contributed by atoms with E-state index in [1.54, 1.807) is 6.08 Å². The maximum atomic E-state index is 12.1. The van der Waals surface area contributed by atoms with Gasteiger partial charge in [0.2, 0.25) is 0 Å². The molecule has 5 heteroatoms. The van der Waals surface area contributed by atoms with Crippen LogP contribution in [-0.2, 0) is 14.0 Å². The molecule has 0 saturated carbocycles. The van der Waals surface area contributed by atoms with E-state index >= 15 is 0 Å². The second-order valence-electron chi connectivity index (χ2n) is 8.46. The lowest BCUT2D eigenvalue weighted by Gasteiger charge is -2.38. The van der Waals surface area contributed by atoms with Gasteiger partial charge >= 0.3 is 5.97 Å². The lowest BCUT2D eigenvalue weighted by molar-refractivity contribution is -0.137. The van der Waals surface area contributed by atoms with E-state index in [0.717, 1.165) is 5.20 Å². The van der Waals surface area contributed by atoms with Crippen LogP contribution in [0, 0.1) is 0 Å². The Balaban J connectivity index is 3.16.